The Morgan fingerprint density at radius 3 is 3.06 bits per heavy atom. The Labute approximate surface area is 107 Å². The van der Waals surface area contributed by atoms with Crippen molar-refractivity contribution in [1.29, 1.82) is 0 Å². The zero-order valence-corrected chi connectivity index (χ0v) is 10.8. The highest BCUT2D eigenvalue weighted by molar-refractivity contribution is 5.77. The normalized spacial score (nSPS) is 28.2. The fraction of sp³-hybridized carbons (Fsp3) is 0.692. The Hall–Kier alpha value is -1.36. The summed E-state index contributed by atoms with van der Waals surface area (Å²) in [5, 5.41) is 2.97. The lowest BCUT2D eigenvalue weighted by molar-refractivity contribution is -0.124. The van der Waals surface area contributed by atoms with Gasteiger partial charge in [0, 0.05) is 58.5 Å². The minimum atomic E-state index is 0.224. The molecule has 3 heterocycles. The van der Waals surface area contributed by atoms with Crippen LogP contribution in [0.15, 0.2) is 12.4 Å². The number of fused-ring (bicyclic) bond motifs is 1. The number of nitrogens with zero attached hydrogens (tertiary/aromatic N) is 3. The minimum Gasteiger partial charge on any atom is -0.356 e. The third kappa shape index (κ3) is 2.27. The molecule has 2 aliphatic rings. The average Bonchev–Trinajstić information content (AvgIpc) is 2.92. The van der Waals surface area contributed by atoms with Crippen LogP contribution in [0.4, 0.5) is 0 Å². The van der Waals surface area contributed by atoms with Crippen molar-refractivity contribution >= 4 is 5.91 Å². The van der Waals surface area contributed by atoms with Crippen molar-refractivity contribution in [3.63, 3.8) is 0 Å². The van der Waals surface area contributed by atoms with Gasteiger partial charge in [-0.2, -0.15) is 0 Å². The van der Waals surface area contributed by atoms with Gasteiger partial charge in [0.25, 0.3) is 0 Å². The molecular formula is C13H20N4O. The van der Waals surface area contributed by atoms with Crippen molar-refractivity contribution in [3.8, 4) is 0 Å². The van der Waals surface area contributed by atoms with Crippen LogP contribution in [0.3, 0.4) is 0 Å². The first-order valence-electron chi connectivity index (χ1n) is 6.67. The molecule has 2 aliphatic heterocycles. The predicted octanol–water partition coefficient (Wildman–Crippen LogP) is 0.0305. The summed E-state index contributed by atoms with van der Waals surface area (Å²) in [5.74, 6) is 2.59. The average molecular weight is 248 g/mol. The number of imidazole rings is 1. The monoisotopic (exact) mass is 248 g/mol. The number of rotatable bonds is 3. The van der Waals surface area contributed by atoms with Crippen LogP contribution in [0.25, 0.3) is 0 Å². The van der Waals surface area contributed by atoms with Crippen molar-refractivity contribution in [2.45, 2.75) is 12.8 Å². The van der Waals surface area contributed by atoms with E-state index in [-0.39, 0.29) is 5.91 Å². The summed E-state index contributed by atoms with van der Waals surface area (Å²) in [4.78, 5) is 18.2. The maximum Gasteiger partial charge on any atom is 0.220 e. The Bertz CT molecular complexity index is 442. The second-order valence-corrected chi connectivity index (χ2v) is 5.49. The van der Waals surface area contributed by atoms with E-state index in [1.165, 1.54) is 0 Å². The molecule has 0 bridgehead atoms. The Morgan fingerprint density at radius 2 is 2.28 bits per heavy atom. The topological polar surface area (TPSA) is 50.2 Å². The van der Waals surface area contributed by atoms with Crippen LogP contribution >= 0.6 is 0 Å². The highest BCUT2D eigenvalue weighted by Gasteiger charge is 2.36. The van der Waals surface area contributed by atoms with Crippen molar-refractivity contribution in [2.75, 3.05) is 26.2 Å². The molecule has 18 heavy (non-hydrogen) atoms. The standard InChI is InChI=1S/C13H20N4O/c1-16-5-3-14-12(16)2-4-17-8-10-6-13(18)15-7-11(10)9-17/h3,5,10-11H,2,4,6-9H2,1H3,(H,15,18)/t10-,11+/m1/s1. The second-order valence-electron chi connectivity index (χ2n) is 5.49. The fourth-order valence-corrected chi connectivity index (χ4v) is 3.13. The first-order valence-corrected chi connectivity index (χ1v) is 6.67. The largest absolute Gasteiger partial charge is 0.356 e. The highest BCUT2D eigenvalue weighted by Crippen LogP contribution is 2.28. The van der Waals surface area contributed by atoms with E-state index in [1.807, 2.05) is 19.4 Å². The summed E-state index contributed by atoms with van der Waals surface area (Å²) in [6, 6.07) is 0. The first-order chi connectivity index (χ1) is 8.72. The van der Waals surface area contributed by atoms with Crippen molar-refractivity contribution in [1.82, 2.24) is 19.8 Å². The van der Waals surface area contributed by atoms with E-state index in [0.29, 0.717) is 18.3 Å². The van der Waals surface area contributed by atoms with Crippen LogP contribution in [0.5, 0.6) is 0 Å². The second kappa shape index (κ2) is 4.72. The van der Waals surface area contributed by atoms with Crippen LogP contribution < -0.4 is 5.32 Å². The molecule has 1 N–H and O–H groups in total. The molecule has 3 rings (SSSR count). The van der Waals surface area contributed by atoms with Crippen LogP contribution in [-0.2, 0) is 18.3 Å². The lowest BCUT2D eigenvalue weighted by Crippen LogP contribution is -2.39. The molecule has 5 nitrogen and oxygen atoms in total. The molecule has 1 amide bonds. The van der Waals surface area contributed by atoms with Gasteiger partial charge < -0.3 is 14.8 Å². The predicted molar refractivity (Wildman–Crippen MR) is 68.0 cm³/mol. The van der Waals surface area contributed by atoms with Gasteiger partial charge in [-0.1, -0.05) is 0 Å². The Balaban J connectivity index is 1.53. The Kier molecular flexibility index (Phi) is 3.07. The molecule has 0 spiro atoms. The number of carbonyl (C=O) groups excluding carboxylic acids is 1. The number of carbonyl (C=O) groups is 1. The maximum atomic E-state index is 11.4. The molecular weight excluding hydrogens is 228 g/mol. The molecule has 2 saturated heterocycles. The maximum absolute atomic E-state index is 11.4. The number of likely N-dealkylation sites (tertiary alicyclic amines) is 1. The number of hydrogen-bond acceptors (Lipinski definition) is 3. The minimum absolute atomic E-state index is 0.224. The van der Waals surface area contributed by atoms with E-state index in [4.69, 9.17) is 0 Å². The molecule has 2 fully saturated rings. The number of aryl methyl sites for hydroxylation is 1. The quantitative estimate of drug-likeness (QED) is 0.821. The van der Waals surface area contributed by atoms with Gasteiger partial charge in [-0.3, -0.25) is 4.79 Å². The number of amides is 1. The lowest BCUT2D eigenvalue weighted by atomic mass is 9.89. The van der Waals surface area contributed by atoms with Crippen LogP contribution in [0.1, 0.15) is 12.2 Å². The van der Waals surface area contributed by atoms with E-state index in [0.717, 1.165) is 38.4 Å². The van der Waals surface area contributed by atoms with E-state index in [9.17, 15) is 4.79 Å². The van der Waals surface area contributed by atoms with Crippen LogP contribution in [-0.4, -0.2) is 46.5 Å². The number of piperidine rings is 1. The van der Waals surface area contributed by atoms with Gasteiger partial charge in [-0.15, -0.1) is 0 Å². The summed E-state index contributed by atoms with van der Waals surface area (Å²) in [7, 11) is 2.04. The number of hydrogen-bond donors (Lipinski definition) is 1. The summed E-state index contributed by atoms with van der Waals surface area (Å²) < 4.78 is 2.08. The third-order valence-corrected chi connectivity index (χ3v) is 4.23. The van der Waals surface area contributed by atoms with Gasteiger partial charge >= 0.3 is 0 Å². The summed E-state index contributed by atoms with van der Waals surface area (Å²) in [6.45, 7) is 4.10. The smallest absolute Gasteiger partial charge is 0.220 e. The van der Waals surface area contributed by atoms with Crippen LogP contribution in [0.2, 0.25) is 0 Å². The molecule has 1 aromatic heterocycles. The van der Waals surface area contributed by atoms with Gasteiger partial charge in [0.05, 0.1) is 0 Å². The highest BCUT2D eigenvalue weighted by atomic mass is 16.1. The summed E-state index contributed by atoms with van der Waals surface area (Å²) in [5.41, 5.74) is 0. The van der Waals surface area contributed by atoms with E-state index in [1.54, 1.807) is 0 Å². The summed E-state index contributed by atoms with van der Waals surface area (Å²) >= 11 is 0. The number of nitrogens with one attached hydrogen (secondary N) is 1. The van der Waals surface area contributed by atoms with Crippen molar-refractivity contribution in [3.05, 3.63) is 18.2 Å². The molecule has 0 radical (unpaired) electrons. The van der Waals surface area contributed by atoms with Gasteiger partial charge in [0.15, 0.2) is 0 Å². The molecule has 1 aromatic rings. The van der Waals surface area contributed by atoms with Gasteiger partial charge in [0.1, 0.15) is 5.82 Å². The first kappa shape index (κ1) is 11.7. The lowest BCUT2D eigenvalue weighted by Gasteiger charge is -2.23. The molecule has 5 heteroatoms. The fourth-order valence-electron chi connectivity index (χ4n) is 3.13. The summed E-state index contributed by atoms with van der Waals surface area (Å²) in [6.07, 6.45) is 5.54. The van der Waals surface area contributed by atoms with Crippen molar-refractivity contribution in [2.24, 2.45) is 18.9 Å². The zero-order valence-electron chi connectivity index (χ0n) is 10.8. The van der Waals surface area contributed by atoms with Crippen LogP contribution in [0, 0.1) is 11.8 Å². The van der Waals surface area contributed by atoms with E-state index < -0.39 is 0 Å². The molecule has 0 saturated carbocycles. The molecule has 0 aliphatic carbocycles. The molecule has 2 atom stereocenters. The van der Waals surface area contributed by atoms with E-state index >= 15 is 0 Å². The van der Waals surface area contributed by atoms with Gasteiger partial charge in [0.2, 0.25) is 5.91 Å². The molecule has 0 unspecified atom stereocenters. The molecule has 0 aromatic carbocycles. The third-order valence-electron chi connectivity index (χ3n) is 4.23. The number of aromatic nitrogens is 2. The molecule has 98 valence electrons. The van der Waals surface area contributed by atoms with Gasteiger partial charge in [-0.05, 0) is 11.8 Å². The van der Waals surface area contributed by atoms with Crippen molar-refractivity contribution < 1.29 is 4.79 Å². The SMILES string of the molecule is Cn1ccnc1CCN1C[C@H]2CC(=O)NC[C@H]2C1. The zero-order chi connectivity index (χ0) is 12.5. The van der Waals surface area contributed by atoms with E-state index in [2.05, 4.69) is 19.8 Å². The Morgan fingerprint density at radius 1 is 1.44 bits per heavy atom. The van der Waals surface area contributed by atoms with Gasteiger partial charge in [-0.25, -0.2) is 4.98 Å².